The Morgan fingerprint density at radius 3 is 2.31 bits per heavy atom. The summed E-state index contributed by atoms with van der Waals surface area (Å²) >= 11 is 1.20. The van der Waals surface area contributed by atoms with E-state index >= 15 is 0 Å². The Balaban J connectivity index is 1.68. The third-order valence-corrected chi connectivity index (χ3v) is 5.23. The smallest absolute Gasteiger partial charge is 0.416 e. The number of carbonyl (C=O) groups excluding carboxylic acids is 1. The normalized spacial score (nSPS) is 11.2. The molecule has 0 spiro atoms. The molecule has 1 amide bonds. The molecule has 0 aliphatic heterocycles. The van der Waals surface area contributed by atoms with Gasteiger partial charge < -0.3 is 14.8 Å². The van der Waals surface area contributed by atoms with Crippen LogP contribution in [0, 0.1) is 6.92 Å². The molecule has 3 aromatic rings. The van der Waals surface area contributed by atoms with E-state index in [1.54, 1.807) is 31.2 Å². The van der Waals surface area contributed by atoms with E-state index in [-0.39, 0.29) is 11.7 Å². The maximum Gasteiger partial charge on any atom is 0.416 e. The van der Waals surface area contributed by atoms with Crippen LogP contribution in [0.4, 0.5) is 18.9 Å². The lowest BCUT2D eigenvalue weighted by Gasteiger charge is -2.11. The Morgan fingerprint density at radius 1 is 1.00 bits per heavy atom. The van der Waals surface area contributed by atoms with Gasteiger partial charge in [0.25, 0.3) is 0 Å². The van der Waals surface area contributed by atoms with Gasteiger partial charge in [-0.3, -0.25) is 4.79 Å². The van der Waals surface area contributed by atoms with Crippen LogP contribution in [-0.4, -0.2) is 35.8 Å². The van der Waals surface area contributed by atoms with Gasteiger partial charge in [-0.05, 0) is 37.3 Å². The SMILES string of the molecule is COc1ccc(NC(=O)CSc2cc(C)nc(-c3ccc(C(F)(F)F)cc3)n2)cc1OC. The quantitative estimate of drug-likeness (QED) is 0.383. The number of benzene rings is 2. The second-order valence-electron chi connectivity index (χ2n) is 6.65. The average molecular weight is 463 g/mol. The predicted octanol–water partition coefficient (Wildman–Crippen LogP) is 5.22. The van der Waals surface area contributed by atoms with E-state index in [4.69, 9.17) is 9.47 Å². The highest BCUT2D eigenvalue weighted by Crippen LogP contribution is 2.31. The molecule has 10 heteroatoms. The van der Waals surface area contributed by atoms with Crippen molar-refractivity contribution in [2.45, 2.75) is 18.1 Å². The van der Waals surface area contributed by atoms with Gasteiger partial charge in [-0.15, -0.1) is 0 Å². The predicted molar refractivity (Wildman–Crippen MR) is 116 cm³/mol. The van der Waals surface area contributed by atoms with Crippen LogP contribution in [0.3, 0.4) is 0 Å². The molecule has 0 atom stereocenters. The molecule has 0 saturated carbocycles. The number of rotatable bonds is 7. The first-order chi connectivity index (χ1) is 15.2. The fraction of sp³-hybridized carbons (Fsp3) is 0.227. The fourth-order valence-electron chi connectivity index (χ4n) is 2.80. The summed E-state index contributed by atoms with van der Waals surface area (Å²) in [5.74, 6) is 1.16. The van der Waals surface area contributed by atoms with E-state index < -0.39 is 11.7 Å². The van der Waals surface area contributed by atoms with E-state index in [0.717, 1.165) is 12.1 Å². The van der Waals surface area contributed by atoms with Gasteiger partial charge in [-0.2, -0.15) is 13.2 Å². The number of carbonyl (C=O) groups is 1. The number of hydrogen-bond acceptors (Lipinski definition) is 6. The maximum atomic E-state index is 12.8. The lowest BCUT2D eigenvalue weighted by molar-refractivity contribution is -0.137. The Labute approximate surface area is 187 Å². The summed E-state index contributed by atoms with van der Waals surface area (Å²) in [6.07, 6.45) is -4.41. The zero-order valence-corrected chi connectivity index (χ0v) is 18.3. The molecule has 1 N–H and O–H groups in total. The number of anilines is 1. The molecule has 32 heavy (non-hydrogen) atoms. The molecule has 0 aliphatic rings. The van der Waals surface area contributed by atoms with Crippen LogP contribution in [0.5, 0.6) is 11.5 Å². The highest BCUT2D eigenvalue weighted by molar-refractivity contribution is 7.99. The number of aromatic nitrogens is 2. The first kappa shape index (κ1) is 23.4. The van der Waals surface area contributed by atoms with E-state index in [1.807, 2.05) is 0 Å². The van der Waals surface area contributed by atoms with Crippen LogP contribution >= 0.6 is 11.8 Å². The van der Waals surface area contributed by atoms with Gasteiger partial charge in [0.05, 0.1) is 25.5 Å². The largest absolute Gasteiger partial charge is 0.493 e. The molecule has 1 aromatic heterocycles. The third kappa shape index (κ3) is 5.91. The van der Waals surface area contributed by atoms with E-state index in [9.17, 15) is 18.0 Å². The van der Waals surface area contributed by atoms with Crippen molar-refractivity contribution in [2.75, 3.05) is 25.3 Å². The molecule has 3 rings (SSSR count). The van der Waals surface area contributed by atoms with Crippen LogP contribution < -0.4 is 14.8 Å². The number of aryl methyl sites for hydroxylation is 1. The van der Waals surface area contributed by atoms with Crippen molar-refractivity contribution in [3.05, 3.63) is 59.8 Å². The van der Waals surface area contributed by atoms with Gasteiger partial charge in [0.2, 0.25) is 5.91 Å². The molecule has 0 bridgehead atoms. The topological polar surface area (TPSA) is 73.3 Å². The lowest BCUT2D eigenvalue weighted by Crippen LogP contribution is -2.14. The van der Waals surface area contributed by atoms with Gasteiger partial charge in [0, 0.05) is 23.0 Å². The van der Waals surface area contributed by atoms with Crippen molar-refractivity contribution in [2.24, 2.45) is 0 Å². The molecule has 168 valence electrons. The van der Waals surface area contributed by atoms with E-state index in [2.05, 4.69) is 15.3 Å². The number of ether oxygens (including phenoxy) is 2. The summed E-state index contributed by atoms with van der Waals surface area (Å²) in [5, 5.41) is 3.31. The van der Waals surface area contributed by atoms with Crippen molar-refractivity contribution in [3.63, 3.8) is 0 Å². The summed E-state index contributed by atoms with van der Waals surface area (Å²) in [5.41, 5.74) is 0.906. The summed E-state index contributed by atoms with van der Waals surface area (Å²) in [4.78, 5) is 21.0. The number of alkyl halides is 3. The van der Waals surface area contributed by atoms with Crippen molar-refractivity contribution in [1.29, 1.82) is 0 Å². The third-order valence-electron chi connectivity index (χ3n) is 4.32. The lowest BCUT2D eigenvalue weighted by atomic mass is 10.1. The monoisotopic (exact) mass is 463 g/mol. The van der Waals surface area contributed by atoms with Crippen LogP contribution in [-0.2, 0) is 11.0 Å². The summed E-state index contributed by atoms with van der Waals surface area (Å²) in [7, 11) is 3.03. The second-order valence-corrected chi connectivity index (χ2v) is 7.65. The van der Waals surface area contributed by atoms with Gasteiger partial charge in [0.15, 0.2) is 17.3 Å². The summed E-state index contributed by atoms with van der Waals surface area (Å²) in [6, 6.07) is 11.4. The summed E-state index contributed by atoms with van der Waals surface area (Å²) in [6.45, 7) is 1.75. The van der Waals surface area contributed by atoms with E-state index in [1.165, 1.54) is 38.1 Å². The Bertz CT molecular complexity index is 1110. The Kier molecular flexibility index (Phi) is 7.24. The minimum absolute atomic E-state index is 0.0806. The summed E-state index contributed by atoms with van der Waals surface area (Å²) < 4.78 is 48.7. The molecule has 0 unspecified atom stereocenters. The molecule has 0 aliphatic carbocycles. The number of nitrogens with one attached hydrogen (secondary N) is 1. The Morgan fingerprint density at radius 2 is 1.69 bits per heavy atom. The number of halogens is 3. The van der Waals surface area contributed by atoms with Crippen molar-refractivity contribution >= 4 is 23.4 Å². The standard InChI is InChI=1S/C22H20F3N3O3S/c1-13-10-20(28-21(26-13)14-4-6-15(7-5-14)22(23,24)25)32-12-19(29)27-16-8-9-17(30-2)18(11-16)31-3/h4-11H,12H2,1-3H3,(H,27,29). The van der Waals surface area contributed by atoms with Gasteiger partial charge in [-0.1, -0.05) is 23.9 Å². The van der Waals surface area contributed by atoms with E-state index in [0.29, 0.717) is 39.3 Å². The molecule has 2 aromatic carbocycles. The fourth-order valence-corrected chi connectivity index (χ4v) is 3.56. The van der Waals surface area contributed by atoms with Crippen LogP contribution in [0.2, 0.25) is 0 Å². The number of thioether (sulfide) groups is 1. The zero-order valence-electron chi connectivity index (χ0n) is 17.5. The number of amides is 1. The number of hydrogen-bond donors (Lipinski definition) is 1. The minimum Gasteiger partial charge on any atom is -0.493 e. The van der Waals surface area contributed by atoms with Crippen LogP contribution in [0.1, 0.15) is 11.3 Å². The molecular formula is C22H20F3N3O3S. The van der Waals surface area contributed by atoms with Crippen LogP contribution in [0.25, 0.3) is 11.4 Å². The van der Waals surface area contributed by atoms with Gasteiger partial charge in [0.1, 0.15) is 5.03 Å². The molecule has 0 saturated heterocycles. The Hall–Kier alpha value is -3.27. The molecule has 0 fully saturated rings. The van der Waals surface area contributed by atoms with Crippen molar-refractivity contribution in [3.8, 4) is 22.9 Å². The first-order valence-electron chi connectivity index (χ1n) is 9.37. The van der Waals surface area contributed by atoms with Crippen molar-refractivity contribution < 1.29 is 27.4 Å². The second kappa shape index (κ2) is 9.90. The highest BCUT2D eigenvalue weighted by atomic mass is 32.2. The molecule has 6 nitrogen and oxygen atoms in total. The molecule has 1 heterocycles. The van der Waals surface area contributed by atoms with Crippen molar-refractivity contribution in [1.82, 2.24) is 9.97 Å². The zero-order chi connectivity index (χ0) is 23.3. The van der Waals surface area contributed by atoms with Gasteiger partial charge >= 0.3 is 6.18 Å². The van der Waals surface area contributed by atoms with Gasteiger partial charge in [-0.25, -0.2) is 9.97 Å². The number of methoxy groups -OCH3 is 2. The molecular weight excluding hydrogens is 443 g/mol. The van der Waals surface area contributed by atoms with Crippen LogP contribution in [0.15, 0.2) is 53.6 Å². The number of nitrogens with zero attached hydrogens (tertiary/aromatic N) is 2. The first-order valence-corrected chi connectivity index (χ1v) is 10.4. The average Bonchev–Trinajstić information content (AvgIpc) is 2.76. The maximum absolute atomic E-state index is 12.8. The molecule has 0 radical (unpaired) electrons. The minimum atomic E-state index is -4.41. The highest BCUT2D eigenvalue weighted by Gasteiger charge is 2.30.